The van der Waals surface area contributed by atoms with E-state index in [4.69, 9.17) is 4.74 Å². The van der Waals surface area contributed by atoms with Gasteiger partial charge >= 0.3 is 6.03 Å². The topological polar surface area (TPSA) is 91.0 Å². The van der Waals surface area contributed by atoms with Crippen molar-refractivity contribution in [1.82, 2.24) is 15.5 Å². The number of urea groups is 1. The molecule has 1 aromatic rings. The number of benzene rings is 1. The molecule has 0 fully saturated rings. The van der Waals surface area contributed by atoms with E-state index in [1.807, 2.05) is 31.2 Å². The van der Waals surface area contributed by atoms with Gasteiger partial charge in [0.05, 0.1) is 6.54 Å². The molecular formula is C18H26N4O4. The predicted molar refractivity (Wildman–Crippen MR) is 97.9 cm³/mol. The van der Waals surface area contributed by atoms with Crippen LogP contribution in [-0.4, -0.2) is 63.1 Å². The maximum atomic E-state index is 12.5. The third kappa shape index (κ3) is 4.72. The number of hydrogen-bond acceptors (Lipinski definition) is 4. The molecule has 2 N–H and O–H groups in total. The lowest BCUT2D eigenvalue weighted by Crippen LogP contribution is -2.43. The third-order valence-electron chi connectivity index (χ3n) is 4.31. The quantitative estimate of drug-likeness (QED) is 0.832. The van der Waals surface area contributed by atoms with Crippen molar-refractivity contribution < 1.29 is 19.1 Å². The maximum absolute atomic E-state index is 12.5. The standard InChI is InChI=1S/C18H26N4O4/c1-4-20-18(25)22-10-9-17(24)21(3)14-8-6-5-7-13(14)15(11-22)26-12-16(23)19-2/h5-8,15H,4,9-12H2,1-3H3,(H,19,23)(H,20,25). The molecule has 1 aliphatic heterocycles. The second-order valence-corrected chi connectivity index (χ2v) is 6.02. The number of nitrogens with one attached hydrogen (secondary N) is 2. The number of amides is 4. The van der Waals surface area contributed by atoms with Gasteiger partial charge in [-0.1, -0.05) is 18.2 Å². The highest BCUT2D eigenvalue weighted by atomic mass is 16.5. The molecule has 1 heterocycles. The van der Waals surface area contributed by atoms with E-state index < -0.39 is 6.10 Å². The molecule has 1 aliphatic rings. The van der Waals surface area contributed by atoms with E-state index in [1.54, 1.807) is 16.8 Å². The van der Waals surface area contributed by atoms with Crippen LogP contribution in [0.1, 0.15) is 25.0 Å². The summed E-state index contributed by atoms with van der Waals surface area (Å²) in [5, 5.41) is 5.28. The molecular weight excluding hydrogens is 336 g/mol. The summed E-state index contributed by atoms with van der Waals surface area (Å²) >= 11 is 0. The lowest BCUT2D eigenvalue weighted by atomic mass is 10.1. The van der Waals surface area contributed by atoms with E-state index in [-0.39, 0.29) is 44.0 Å². The highest BCUT2D eigenvalue weighted by Gasteiger charge is 2.28. The van der Waals surface area contributed by atoms with Crippen LogP contribution in [0.5, 0.6) is 0 Å². The average molecular weight is 362 g/mol. The van der Waals surface area contributed by atoms with Crippen molar-refractivity contribution in [2.75, 3.05) is 45.2 Å². The molecule has 0 aliphatic carbocycles. The van der Waals surface area contributed by atoms with Gasteiger partial charge in [-0.15, -0.1) is 0 Å². The molecule has 8 heteroatoms. The second kappa shape index (κ2) is 9.19. The number of nitrogens with zero attached hydrogens (tertiary/aromatic N) is 2. The van der Waals surface area contributed by atoms with Crippen LogP contribution >= 0.6 is 0 Å². The Hall–Kier alpha value is -2.61. The Morgan fingerprint density at radius 1 is 1.31 bits per heavy atom. The molecule has 0 saturated heterocycles. The first kappa shape index (κ1) is 19.7. The molecule has 0 spiro atoms. The molecule has 0 saturated carbocycles. The van der Waals surface area contributed by atoms with E-state index >= 15 is 0 Å². The van der Waals surface area contributed by atoms with Crippen molar-refractivity contribution in [1.29, 1.82) is 0 Å². The lowest BCUT2D eigenvalue weighted by molar-refractivity contribution is -0.127. The first-order valence-electron chi connectivity index (χ1n) is 8.68. The van der Waals surface area contributed by atoms with E-state index in [0.29, 0.717) is 6.54 Å². The molecule has 142 valence electrons. The number of fused-ring (bicyclic) bond motifs is 1. The minimum absolute atomic E-state index is 0.0845. The van der Waals surface area contributed by atoms with Gasteiger partial charge in [0.1, 0.15) is 12.7 Å². The third-order valence-corrected chi connectivity index (χ3v) is 4.31. The largest absolute Gasteiger partial charge is 0.362 e. The smallest absolute Gasteiger partial charge is 0.317 e. The summed E-state index contributed by atoms with van der Waals surface area (Å²) in [5.74, 6) is -0.338. The zero-order valence-electron chi connectivity index (χ0n) is 15.4. The molecule has 0 aromatic heterocycles. The number of rotatable bonds is 4. The molecule has 26 heavy (non-hydrogen) atoms. The normalized spacial score (nSPS) is 17.7. The lowest BCUT2D eigenvalue weighted by Gasteiger charge is -2.28. The van der Waals surface area contributed by atoms with Crippen LogP contribution in [0.15, 0.2) is 24.3 Å². The molecule has 2 rings (SSSR count). The zero-order valence-corrected chi connectivity index (χ0v) is 15.4. The summed E-state index contributed by atoms with van der Waals surface area (Å²) in [5.41, 5.74) is 1.49. The Morgan fingerprint density at radius 3 is 2.73 bits per heavy atom. The minimum atomic E-state index is -0.528. The molecule has 1 aromatic carbocycles. The SMILES string of the molecule is CCNC(=O)N1CCC(=O)N(C)c2ccccc2C(OCC(=O)NC)C1. The molecule has 0 bridgehead atoms. The maximum Gasteiger partial charge on any atom is 0.317 e. The number of carbonyl (C=O) groups excluding carboxylic acids is 3. The van der Waals surface area contributed by atoms with Gasteiger partial charge in [0.15, 0.2) is 0 Å². The van der Waals surface area contributed by atoms with Gasteiger partial charge in [0.25, 0.3) is 0 Å². The van der Waals surface area contributed by atoms with Gasteiger partial charge in [-0.3, -0.25) is 9.59 Å². The van der Waals surface area contributed by atoms with Gasteiger partial charge in [-0.2, -0.15) is 0 Å². The Labute approximate surface area is 153 Å². The molecule has 8 nitrogen and oxygen atoms in total. The van der Waals surface area contributed by atoms with Crippen LogP contribution < -0.4 is 15.5 Å². The van der Waals surface area contributed by atoms with E-state index in [1.165, 1.54) is 7.05 Å². The fourth-order valence-corrected chi connectivity index (χ4v) is 2.83. The Kier molecular flexibility index (Phi) is 6.97. The van der Waals surface area contributed by atoms with Crippen molar-refractivity contribution in [2.24, 2.45) is 0 Å². The summed E-state index contributed by atoms with van der Waals surface area (Å²) in [4.78, 5) is 39.6. The summed E-state index contributed by atoms with van der Waals surface area (Å²) in [7, 11) is 3.25. The van der Waals surface area contributed by atoms with Crippen molar-refractivity contribution in [3.05, 3.63) is 29.8 Å². The van der Waals surface area contributed by atoms with Crippen molar-refractivity contribution in [3.63, 3.8) is 0 Å². The average Bonchev–Trinajstić information content (AvgIpc) is 2.70. The van der Waals surface area contributed by atoms with E-state index in [9.17, 15) is 14.4 Å². The molecule has 1 atom stereocenters. The van der Waals surface area contributed by atoms with Gasteiger partial charge in [-0.05, 0) is 13.0 Å². The van der Waals surface area contributed by atoms with Crippen LogP contribution in [0, 0.1) is 0 Å². The fourth-order valence-electron chi connectivity index (χ4n) is 2.83. The summed E-state index contributed by atoms with van der Waals surface area (Å²) in [6.07, 6.45) is -0.316. The number of anilines is 1. The molecule has 4 amide bonds. The fraction of sp³-hybridized carbons (Fsp3) is 0.500. The van der Waals surface area contributed by atoms with Gasteiger partial charge in [-0.25, -0.2) is 4.79 Å². The van der Waals surface area contributed by atoms with Gasteiger partial charge in [0, 0.05) is 44.9 Å². The van der Waals surface area contributed by atoms with Gasteiger partial charge in [0.2, 0.25) is 11.8 Å². The first-order chi connectivity index (χ1) is 12.5. The summed E-state index contributed by atoms with van der Waals surface area (Å²) in [6, 6.07) is 7.13. The molecule has 0 radical (unpaired) electrons. The van der Waals surface area contributed by atoms with Crippen LogP contribution in [0.2, 0.25) is 0 Å². The molecule has 1 unspecified atom stereocenters. The van der Waals surface area contributed by atoms with E-state index in [2.05, 4.69) is 10.6 Å². The zero-order chi connectivity index (χ0) is 19.1. The number of likely N-dealkylation sites (N-methyl/N-ethyl adjacent to an activating group) is 1. The van der Waals surface area contributed by atoms with Crippen molar-refractivity contribution in [2.45, 2.75) is 19.4 Å². The van der Waals surface area contributed by atoms with Crippen LogP contribution in [0.25, 0.3) is 0 Å². The highest BCUT2D eigenvalue weighted by Crippen LogP contribution is 2.30. The number of para-hydroxylation sites is 1. The minimum Gasteiger partial charge on any atom is -0.362 e. The summed E-state index contributed by atoms with van der Waals surface area (Å²) < 4.78 is 5.82. The predicted octanol–water partition coefficient (Wildman–Crippen LogP) is 0.888. The Morgan fingerprint density at radius 2 is 2.04 bits per heavy atom. The van der Waals surface area contributed by atoms with Crippen molar-refractivity contribution >= 4 is 23.5 Å². The second-order valence-electron chi connectivity index (χ2n) is 6.02. The van der Waals surface area contributed by atoms with Crippen molar-refractivity contribution in [3.8, 4) is 0 Å². The Balaban J connectivity index is 2.38. The number of ether oxygens (including phenoxy) is 1. The number of hydrogen-bond donors (Lipinski definition) is 2. The highest BCUT2D eigenvalue weighted by molar-refractivity contribution is 5.94. The Bertz CT molecular complexity index is 664. The van der Waals surface area contributed by atoms with Crippen LogP contribution in [-0.2, 0) is 14.3 Å². The van der Waals surface area contributed by atoms with Gasteiger partial charge < -0.3 is 25.2 Å². The monoisotopic (exact) mass is 362 g/mol. The summed E-state index contributed by atoms with van der Waals surface area (Å²) in [6.45, 7) is 2.73. The number of carbonyl (C=O) groups is 3. The first-order valence-corrected chi connectivity index (χ1v) is 8.68. The van der Waals surface area contributed by atoms with Crippen LogP contribution in [0.4, 0.5) is 10.5 Å². The van der Waals surface area contributed by atoms with Crippen LogP contribution in [0.3, 0.4) is 0 Å². The van der Waals surface area contributed by atoms with E-state index in [0.717, 1.165) is 11.3 Å².